The van der Waals surface area contributed by atoms with Gasteiger partial charge in [0.05, 0.1) is 11.8 Å². The molecule has 2 aromatic rings. The van der Waals surface area contributed by atoms with E-state index in [2.05, 4.69) is 21.7 Å². The Morgan fingerprint density at radius 3 is 2.91 bits per heavy atom. The molecule has 0 aliphatic carbocycles. The number of anilines is 1. The SMILES string of the molecule is C[C@@H](CC#N)Sc1ccccc1NC(=O)NCc1cccnc1. The number of hydrogen-bond donors (Lipinski definition) is 2. The predicted octanol–water partition coefficient (Wildman–Crippen LogP) is 3.80. The van der Waals surface area contributed by atoms with Crippen LogP contribution in [0.1, 0.15) is 18.9 Å². The van der Waals surface area contributed by atoms with Crippen molar-refractivity contribution in [1.29, 1.82) is 5.26 Å². The number of urea groups is 1. The zero-order valence-corrected chi connectivity index (χ0v) is 13.6. The van der Waals surface area contributed by atoms with Crippen molar-refractivity contribution in [2.24, 2.45) is 0 Å². The highest BCUT2D eigenvalue weighted by Crippen LogP contribution is 2.31. The molecule has 1 heterocycles. The van der Waals surface area contributed by atoms with Crippen molar-refractivity contribution in [2.45, 2.75) is 30.0 Å². The highest BCUT2D eigenvalue weighted by molar-refractivity contribution is 8.00. The molecule has 6 heteroatoms. The van der Waals surface area contributed by atoms with Crippen molar-refractivity contribution >= 4 is 23.5 Å². The normalized spacial score (nSPS) is 11.3. The van der Waals surface area contributed by atoms with E-state index in [4.69, 9.17) is 5.26 Å². The Kier molecular flexibility index (Phi) is 6.45. The first-order chi connectivity index (χ1) is 11.2. The summed E-state index contributed by atoms with van der Waals surface area (Å²) in [4.78, 5) is 17.0. The number of thioether (sulfide) groups is 1. The summed E-state index contributed by atoms with van der Waals surface area (Å²) in [6.07, 6.45) is 3.87. The minimum atomic E-state index is -0.269. The molecule has 1 atom stereocenters. The molecule has 23 heavy (non-hydrogen) atoms. The van der Waals surface area contributed by atoms with Gasteiger partial charge in [-0.3, -0.25) is 4.98 Å². The average molecular weight is 326 g/mol. The van der Waals surface area contributed by atoms with Gasteiger partial charge in [0.2, 0.25) is 0 Å². The molecule has 0 aliphatic heterocycles. The third-order valence-electron chi connectivity index (χ3n) is 3.02. The summed E-state index contributed by atoms with van der Waals surface area (Å²) in [7, 11) is 0. The second-order valence-electron chi connectivity index (χ2n) is 4.96. The van der Waals surface area contributed by atoms with E-state index >= 15 is 0 Å². The van der Waals surface area contributed by atoms with Crippen LogP contribution in [-0.4, -0.2) is 16.3 Å². The zero-order valence-electron chi connectivity index (χ0n) is 12.8. The minimum Gasteiger partial charge on any atom is -0.334 e. The van der Waals surface area contributed by atoms with Crippen molar-refractivity contribution < 1.29 is 4.79 Å². The fourth-order valence-corrected chi connectivity index (χ4v) is 2.91. The highest BCUT2D eigenvalue weighted by atomic mass is 32.2. The van der Waals surface area contributed by atoms with Gasteiger partial charge >= 0.3 is 6.03 Å². The molecule has 2 N–H and O–H groups in total. The van der Waals surface area contributed by atoms with E-state index in [9.17, 15) is 4.79 Å². The summed E-state index contributed by atoms with van der Waals surface area (Å²) >= 11 is 1.58. The Morgan fingerprint density at radius 1 is 1.35 bits per heavy atom. The van der Waals surface area contributed by atoms with Gasteiger partial charge in [-0.1, -0.05) is 25.1 Å². The zero-order chi connectivity index (χ0) is 16.5. The lowest BCUT2D eigenvalue weighted by molar-refractivity contribution is 0.251. The first-order valence-corrected chi connectivity index (χ1v) is 8.13. The third-order valence-corrected chi connectivity index (χ3v) is 4.20. The fourth-order valence-electron chi connectivity index (χ4n) is 1.91. The summed E-state index contributed by atoms with van der Waals surface area (Å²) in [5, 5.41) is 14.6. The lowest BCUT2D eigenvalue weighted by Crippen LogP contribution is -2.28. The predicted molar refractivity (Wildman–Crippen MR) is 92.1 cm³/mol. The Morgan fingerprint density at radius 2 is 2.17 bits per heavy atom. The largest absolute Gasteiger partial charge is 0.334 e. The molecule has 0 saturated heterocycles. The van der Waals surface area contributed by atoms with Crippen LogP contribution in [0.3, 0.4) is 0 Å². The second-order valence-corrected chi connectivity index (χ2v) is 6.44. The van der Waals surface area contributed by atoms with Crippen molar-refractivity contribution in [3.63, 3.8) is 0 Å². The van der Waals surface area contributed by atoms with E-state index in [0.717, 1.165) is 16.1 Å². The third kappa shape index (κ3) is 5.64. The average Bonchev–Trinajstić information content (AvgIpc) is 2.56. The van der Waals surface area contributed by atoms with Crippen LogP contribution in [-0.2, 0) is 6.54 Å². The van der Waals surface area contributed by atoms with Crippen molar-refractivity contribution in [3.05, 3.63) is 54.4 Å². The van der Waals surface area contributed by atoms with Crippen LogP contribution < -0.4 is 10.6 Å². The number of nitriles is 1. The van der Waals surface area contributed by atoms with Crippen molar-refractivity contribution in [3.8, 4) is 6.07 Å². The van der Waals surface area contributed by atoms with Gasteiger partial charge in [-0.05, 0) is 23.8 Å². The van der Waals surface area contributed by atoms with Crippen LogP contribution >= 0.6 is 11.8 Å². The number of carbonyl (C=O) groups is 1. The number of nitrogens with one attached hydrogen (secondary N) is 2. The first kappa shape index (κ1) is 16.8. The van der Waals surface area contributed by atoms with Crippen LogP contribution in [0, 0.1) is 11.3 Å². The smallest absolute Gasteiger partial charge is 0.319 e. The molecule has 0 radical (unpaired) electrons. The van der Waals surface area contributed by atoms with E-state index in [1.54, 1.807) is 24.2 Å². The van der Waals surface area contributed by atoms with Gasteiger partial charge < -0.3 is 10.6 Å². The van der Waals surface area contributed by atoms with Crippen LogP contribution in [0.5, 0.6) is 0 Å². The molecule has 0 fully saturated rings. The summed E-state index contributed by atoms with van der Waals surface area (Å²) in [5.74, 6) is 0. The molecule has 2 rings (SSSR count). The number of benzene rings is 1. The molecule has 0 unspecified atom stereocenters. The number of carbonyl (C=O) groups excluding carboxylic acids is 1. The number of hydrogen-bond acceptors (Lipinski definition) is 4. The molecule has 5 nitrogen and oxygen atoms in total. The van der Waals surface area contributed by atoms with Gasteiger partial charge in [0, 0.05) is 35.5 Å². The van der Waals surface area contributed by atoms with Crippen LogP contribution in [0.4, 0.5) is 10.5 Å². The maximum absolute atomic E-state index is 12.0. The molecular weight excluding hydrogens is 308 g/mol. The summed E-state index contributed by atoms with van der Waals surface area (Å²) in [6.45, 7) is 2.41. The van der Waals surface area contributed by atoms with E-state index in [1.807, 2.05) is 43.3 Å². The summed E-state index contributed by atoms with van der Waals surface area (Å²) in [5.41, 5.74) is 1.68. The van der Waals surface area contributed by atoms with Crippen LogP contribution in [0.2, 0.25) is 0 Å². The van der Waals surface area contributed by atoms with E-state index in [-0.39, 0.29) is 11.3 Å². The number of para-hydroxylation sites is 1. The summed E-state index contributed by atoms with van der Waals surface area (Å²) in [6, 6.07) is 13.2. The van der Waals surface area contributed by atoms with Crippen molar-refractivity contribution in [1.82, 2.24) is 10.3 Å². The molecule has 1 aromatic carbocycles. The first-order valence-electron chi connectivity index (χ1n) is 7.25. The quantitative estimate of drug-likeness (QED) is 0.792. The molecule has 0 bridgehead atoms. The van der Waals surface area contributed by atoms with E-state index in [1.165, 1.54) is 0 Å². The number of rotatable bonds is 6. The van der Waals surface area contributed by atoms with Crippen molar-refractivity contribution in [2.75, 3.05) is 5.32 Å². The Bertz CT molecular complexity index is 684. The highest BCUT2D eigenvalue weighted by Gasteiger charge is 2.10. The lowest BCUT2D eigenvalue weighted by Gasteiger charge is -2.13. The number of nitrogens with zero attached hydrogens (tertiary/aromatic N) is 2. The molecule has 1 aromatic heterocycles. The minimum absolute atomic E-state index is 0.168. The Labute approximate surface area is 140 Å². The second kappa shape index (κ2) is 8.81. The Hall–Kier alpha value is -2.52. The van der Waals surface area contributed by atoms with Gasteiger partial charge in [0.15, 0.2) is 0 Å². The monoisotopic (exact) mass is 326 g/mol. The van der Waals surface area contributed by atoms with Gasteiger partial charge in [0.25, 0.3) is 0 Å². The molecule has 118 valence electrons. The lowest BCUT2D eigenvalue weighted by atomic mass is 10.3. The molecular formula is C17H18N4OS. The maximum Gasteiger partial charge on any atom is 0.319 e. The summed E-state index contributed by atoms with van der Waals surface area (Å²) < 4.78 is 0. The molecule has 0 spiro atoms. The van der Waals surface area contributed by atoms with Gasteiger partial charge in [-0.15, -0.1) is 11.8 Å². The topological polar surface area (TPSA) is 77.8 Å². The van der Waals surface area contributed by atoms with E-state index in [0.29, 0.717) is 13.0 Å². The van der Waals surface area contributed by atoms with Crippen LogP contribution in [0.25, 0.3) is 0 Å². The van der Waals surface area contributed by atoms with Gasteiger partial charge in [-0.25, -0.2) is 4.79 Å². The number of aromatic nitrogens is 1. The number of amides is 2. The standard InChI is InChI=1S/C17H18N4OS/c1-13(8-9-18)23-16-7-3-2-6-15(16)21-17(22)20-12-14-5-4-10-19-11-14/h2-7,10-11,13H,8,12H2,1H3,(H2,20,21,22)/t13-/m0/s1. The van der Waals surface area contributed by atoms with E-state index < -0.39 is 0 Å². The maximum atomic E-state index is 12.0. The van der Waals surface area contributed by atoms with Gasteiger partial charge in [-0.2, -0.15) is 5.26 Å². The van der Waals surface area contributed by atoms with Gasteiger partial charge in [0.1, 0.15) is 0 Å². The molecule has 0 aliphatic rings. The fraction of sp³-hybridized carbons (Fsp3) is 0.235. The number of pyridine rings is 1. The van der Waals surface area contributed by atoms with Crippen LogP contribution in [0.15, 0.2) is 53.7 Å². The Balaban J connectivity index is 1.94. The molecule has 0 saturated carbocycles. The molecule has 2 amide bonds.